The fourth-order valence-electron chi connectivity index (χ4n) is 3.24. The number of hydrogen-bond donors (Lipinski definition) is 1. The van der Waals surface area contributed by atoms with Gasteiger partial charge in [0.1, 0.15) is 0 Å². The predicted octanol–water partition coefficient (Wildman–Crippen LogP) is 3.26. The van der Waals surface area contributed by atoms with Gasteiger partial charge in [0.2, 0.25) is 0 Å². The molecule has 0 aliphatic carbocycles. The Kier molecular flexibility index (Phi) is 6.20. The van der Waals surface area contributed by atoms with Crippen LogP contribution in [0.4, 0.5) is 0 Å². The molecule has 0 radical (unpaired) electrons. The lowest BCUT2D eigenvalue weighted by Gasteiger charge is -2.23. The third-order valence-corrected chi connectivity index (χ3v) is 4.84. The number of ether oxygens (including phenoxy) is 1. The highest BCUT2D eigenvalue weighted by Gasteiger charge is 2.28. The molecule has 0 aliphatic rings. The summed E-state index contributed by atoms with van der Waals surface area (Å²) < 4.78 is 4.94. The zero-order chi connectivity index (χ0) is 20.8. The number of amides is 1. The van der Waals surface area contributed by atoms with Gasteiger partial charge in [-0.05, 0) is 55.3 Å². The second-order valence-corrected chi connectivity index (χ2v) is 6.82. The number of fused-ring (bicyclic) bond motifs is 1. The number of carbonyl (C=O) groups is 2. The lowest BCUT2D eigenvalue weighted by atomic mass is 9.92. The number of esters is 1. The van der Waals surface area contributed by atoms with Crippen LogP contribution in [0.25, 0.3) is 10.9 Å². The van der Waals surface area contributed by atoms with E-state index in [4.69, 9.17) is 10.00 Å². The van der Waals surface area contributed by atoms with E-state index in [0.29, 0.717) is 17.5 Å². The molecule has 1 heterocycles. The summed E-state index contributed by atoms with van der Waals surface area (Å²) in [7, 11) is 1.33. The zero-order valence-corrected chi connectivity index (χ0v) is 16.3. The Morgan fingerprint density at radius 2 is 2.00 bits per heavy atom. The van der Waals surface area contributed by atoms with Gasteiger partial charge in [0, 0.05) is 23.2 Å². The van der Waals surface area contributed by atoms with Crippen molar-refractivity contribution in [2.45, 2.75) is 19.4 Å². The molecule has 1 amide bonds. The summed E-state index contributed by atoms with van der Waals surface area (Å²) in [4.78, 5) is 29.3. The summed E-state index contributed by atoms with van der Waals surface area (Å²) in [5.74, 6) is -1.27. The van der Waals surface area contributed by atoms with E-state index >= 15 is 0 Å². The molecule has 3 aromatic rings. The standard InChI is InChI=1S/C23H21N3O3/c1-15(20(23(28)29-2)12-16-5-3-6-17(11-16)14-24)26-22(27)19-8-9-21-18(13-19)7-4-10-25-21/h3-11,13,15,20H,12H2,1-2H3,(H,26,27). The molecule has 0 fully saturated rings. The number of carbonyl (C=O) groups excluding carboxylic acids is 2. The molecule has 3 rings (SSSR count). The fraction of sp³-hybridized carbons (Fsp3) is 0.217. The van der Waals surface area contributed by atoms with Crippen molar-refractivity contribution in [3.8, 4) is 6.07 Å². The molecule has 2 unspecified atom stereocenters. The molecule has 0 saturated heterocycles. The van der Waals surface area contributed by atoms with Crippen molar-refractivity contribution in [3.05, 3.63) is 77.5 Å². The molecule has 0 aliphatic heterocycles. The van der Waals surface area contributed by atoms with Crippen LogP contribution in [0.5, 0.6) is 0 Å². The quantitative estimate of drug-likeness (QED) is 0.656. The molecular formula is C23H21N3O3. The van der Waals surface area contributed by atoms with Crippen LogP contribution in [-0.4, -0.2) is 30.0 Å². The monoisotopic (exact) mass is 387 g/mol. The van der Waals surface area contributed by atoms with E-state index in [2.05, 4.69) is 16.4 Å². The number of hydrogen-bond acceptors (Lipinski definition) is 5. The number of nitrogens with zero attached hydrogens (tertiary/aromatic N) is 2. The Labute approximate surface area is 169 Å². The normalized spacial score (nSPS) is 12.6. The second kappa shape index (κ2) is 8.98. The number of rotatable bonds is 6. The third-order valence-electron chi connectivity index (χ3n) is 4.84. The van der Waals surface area contributed by atoms with Gasteiger partial charge in [-0.3, -0.25) is 14.6 Å². The lowest BCUT2D eigenvalue weighted by molar-refractivity contribution is -0.146. The Morgan fingerprint density at radius 3 is 2.76 bits per heavy atom. The summed E-state index contributed by atoms with van der Waals surface area (Å²) in [5.41, 5.74) is 2.65. The van der Waals surface area contributed by atoms with E-state index in [0.717, 1.165) is 16.5 Å². The first kappa shape index (κ1) is 20.0. The molecule has 2 aromatic carbocycles. The number of benzene rings is 2. The van der Waals surface area contributed by atoms with Gasteiger partial charge in [-0.1, -0.05) is 18.2 Å². The Hall–Kier alpha value is -3.72. The first-order chi connectivity index (χ1) is 14.0. The summed E-state index contributed by atoms with van der Waals surface area (Å²) in [5, 5.41) is 12.8. The van der Waals surface area contributed by atoms with Crippen LogP contribution in [0, 0.1) is 17.2 Å². The molecule has 2 atom stereocenters. The van der Waals surface area contributed by atoms with E-state index < -0.39 is 17.9 Å². The second-order valence-electron chi connectivity index (χ2n) is 6.82. The Morgan fingerprint density at radius 1 is 1.17 bits per heavy atom. The van der Waals surface area contributed by atoms with Gasteiger partial charge in [0.15, 0.2) is 0 Å². The minimum atomic E-state index is -0.583. The molecular weight excluding hydrogens is 366 g/mol. The van der Waals surface area contributed by atoms with Crippen LogP contribution in [0.3, 0.4) is 0 Å². The van der Waals surface area contributed by atoms with Crippen molar-refractivity contribution in [1.29, 1.82) is 5.26 Å². The van der Waals surface area contributed by atoms with Crippen molar-refractivity contribution < 1.29 is 14.3 Å². The van der Waals surface area contributed by atoms with E-state index in [1.807, 2.05) is 18.2 Å². The molecule has 1 aromatic heterocycles. The molecule has 146 valence electrons. The van der Waals surface area contributed by atoms with Gasteiger partial charge >= 0.3 is 5.97 Å². The van der Waals surface area contributed by atoms with Crippen LogP contribution >= 0.6 is 0 Å². The summed E-state index contributed by atoms with van der Waals surface area (Å²) in [6.07, 6.45) is 2.05. The number of pyridine rings is 1. The van der Waals surface area contributed by atoms with Crippen LogP contribution in [0.15, 0.2) is 60.8 Å². The summed E-state index contributed by atoms with van der Waals surface area (Å²) in [6.45, 7) is 1.77. The SMILES string of the molecule is COC(=O)C(Cc1cccc(C#N)c1)C(C)NC(=O)c1ccc2ncccc2c1. The van der Waals surface area contributed by atoms with Gasteiger partial charge in [-0.15, -0.1) is 0 Å². The highest BCUT2D eigenvalue weighted by atomic mass is 16.5. The first-order valence-corrected chi connectivity index (χ1v) is 9.24. The van der Waals surface area contributed by atoms with Crippen molar-refractivity contribution in [2.75, 3.05) is 7.11 Å². The highest BCUT2D eigenvalue weighted by Crippen LogP contribution is 2.18. The number of nitriles is 1. The third kappa shape index (κ3) is 4.77. The van der Waals surface area contributed by atoms with E-state index in [1.54, 1.807) is 49.5 Å². The average molecular weight is 387 g/mol. The van der Waals surface area contributed by atoms with Crippen LogP contribution in [-0.2, 0) is 16.0 Å². The molecule has 29 heavy (non-hydrogen) atoms. The van der Waals surface area contributed by atoms with Crippen LogP contribution in [0.1, 0.15) is 28.4 Å². The molecule has 6 nitrogen and oxygen atoms in total. The van der Waals surface area contributed by atoms with Crippen LogP contribution < -0.4 is 5.32 Å². The molecule has 1 N–H and O–H groups in total. The maximum Gasteiger partial charge on any atom is 0.311 e. The summed E-state index contributed by atoms with van der Waals surface area (Å²) in [6, 6.07) is 17.7. The minimum absolute atomic E-state index is 0.275. The van der Waals surface area contributed by atoms with Crippen LogP contribution in [0.2, 0.25) is 0 Å². The fourth-order valence-corrected chi connectivity index (χ4v) is 3.24. The minimum Gasteiger partial charge on any atom is -0.469 e. The van der Waals surface area contributed by atoms with E-state index in [-0.39, 0.29) is 5.91 Å². The molecule has 0 spiro atoms. The van der Waals surface area contributed by atoms with E-state index in [1.165, 1.54) is 7.11 Å². The average Bonchev–Trinajstić information content (AvgIpc) is 2.76. The largest absolute Gasteiger partial charge is 0.469 e. The van der Waals surface area contributed by atoms with Crippen molar-refractivity contribution in [2.24, 2.45) is 5.92 Å². The number of aromatic nitrogens is 1. The maximum atomic E-state index is 12.7. The molecule has 0 bridgehead atoms. The molecule has 0 saturated carbocycles. The molecule has 6 heteroatoms. The maximum absolute atomic E-state index is 12.7. The van der Waals surface area contributed by atoms with Gasteiger partial charge < -0.3 is 10.1 Å². The van der Waals surface area contributed by atoms with Crippen molar-refractivity contribution in [3.63, 3.8) is 0 Å². The van der Waals surface area contributed by atoms with Gasteiger partial charge in [-0.2, -0.15) is 5.26 Å². The Bertz CT molecular complexity index is 1090. The summed E-state index contributed by atoms with van der Waals surface area (Å²) >= 11 is 0. The van der Waals surface area contributed by atoms with Crippen molar-refractivity contribution >= 4 is 22.8 Å². The van der Waals surface area contributed by atoms with Gasteiger partial charge in [-0.25, -0.2) is 0 Å². The van der Waals surface area contributed by atoms with Crippen molar-refractivity contribution in [1.82, 2.24) is 10.3 Å². The van der Waals surface area contributed by atoms with E-state index in [9.17, 15) is 9.59 Å². The zero-order valence-electron chi connectivity index (χ0n) is 16.3. The van der Waals surface area contributed by atoms with Gasteiger partial charge in [0.25, 0.3) is 5.91 Å². The predicted molar refractivity (Wildman–Crippen MR) is 109 cm³/mol. The highest BCUT2D eigenvalue weighted by molar-refractivity contribution is 5.98. The Balaban J connectivity index is 1.77. The smallest absolute Gasteiger partial charge is 0.311 e. The number of methoxy groups -OCH3 is 1. The lowest BCUT2D eigenvalue weighted by Crippen LogP contribution is -2.42. The number of nitrogens with one attached hydrogen (secondary N) is 1. The van der Waals surface area contributed by atoms with Gasteiger partial charge in [0.05, 0.1) is 30.2 Å². The first-order valence-electron chi connectivity index (χ1n) is 9.24. The topological polar surface area (TPSA) is 92.1 Å².